The van der Waals surface area contributed by atoms with Crippen molar-refractivity contribution in [2.45, 2.75) is 23.3 Å². The number of benzene rings is 2. The molecule has 0 atom stereocenters. The minimum absolute atomic E-state index is 0.0981. The Morgan fingerprint density at radius 1 is 1.14 bits per heavy atom. The molecule has 0 saturated carbocycles. The fourth-order valence-electron chi connectivity index (χ4n) is 1.89. The first-order valence-electron chi connectivity index (χ1n) is 6.66. The smallest absolute Gasteiger partial charge is 0.240 e. The van der Waals surface area contributed by atoms with E-state index in [1.165, 1.54) is 19.1 Å². The fraction of sp³-hybridized carbons (Fsp3) is 0.188. The topological polar surface area (TPSA) is 63.2 Å². The van der Waals surface area contributed by atoms with E-state index < -0.39 is 10.0 Å². The third-order valence-electron chi connectivity index (χ3n) is 3.18. The number of ketones is 1. The summed E-state index contributed by atoms with van der Waals surface area (Å²) in [5, 5.41) is 0. The summed E-state index contributed by atoms with van der Waals surface area (Å²) in [6.07, 6.45) is 1.99. The number of thioether (sulfide) groups is 1. The number of hydrogen-bond acceptors (Lipinski definition) is 4. The number of Topliss-reactive ketones (excluding diaryl/α,β-unsaturated/α-hetero) is 1. The number of sulfonamides is 1. The van der Waals surface area contributed by atoms with E-state index in [9.17, 15) is 13.2 Å². The highest BCUT2D eigenvalue weighted by Crippen LogP contribution is 2.16. The Morgan fingerprint density at radius 2 is 1.82 bits per heavy atom. The van der Waals surface area contributed by atoms with Crippen LogP contribution in [0.25, 0.3) is 0 Å². The van der Waals surface area contributed by atoms with Crippen molar-refractivity contribution >= 4 is 27.6 Å². The summed E-state index contributed by atoms with van der Waals surface area (Å²) in [6.45, 7) is 1.62. The van der Waals surface area contributed by atoms with Gasteiger partial charge in [0.1, 0.15) is 0 Å². The molecule has 2 rings (SSSR count). The molecule has 2 aromatic rings. The maximum atomic E-state index is 12.3. The van der Waals surface area contributed by atoms with Crippen molar-refractivity contribution < 1.29 is 13.2 Å². The van der Waals surface area contributed by atoms with Crippen LogP contribution in [0.4, 0.5) is 0 Å². The van der Waals surface area contributed by atoms with E-state index in [1.54, 1.807) is 23.9 Å². The second-order valence-electron chi connectivity index (χ2n) is 4.76. The van der Waals surface area contributed by atoms with Gasteiger partial charge in [0, 0.05) is 17.0 Å². The minimum Gasteiger partial charge on any atom is -0.295 e. The van der Waals surface area contributed by atoms with Crippen molar-refractivity contribution in [3.8, 4) is 0 Å². The van der Waals surface area contributed by atoms with Crippen molar-refractivity contribution in [2.24, 2.45) is 0 Å². The monoisotopic (exact) mass is 335 g/mol. The highest BCUT2D eigenvalue weighted by Gasteiger charge is 2.15. The largest absolute Gasteiger partial charge is 0.295 e. The molecule has 0 bridgehead atoms. The van der Waals surface area contributed by atoms with Gasteiger partial charge in [-0.05, 0) is 43.0 Å². The van der Waals surface area contributed by atoms with Gasteiger partial charge >= 0.3 is 0 Å². The second kappa shape index (κ2) is 7.09. The van der Waals surface area contributed by atoms with Gasteiger partial charge in [-0.1, -0.05) is 24.3 Å². The first kappa shape index (κ1) is 16.7. The predicted molar refractivity (Wildman–Crippen MR) is 88.7 cm³/mol. The molecule has 0 spiro atoms. The van der Waals surface area contributed by atoms with E-state index in [2.05, 4.69) is 4.72 Å². The molecule has 0 amide bonds. The summed E-state index contributed by atoms with van der Waals surface area (Å²) in [4.78, 5) is 12.6. The molecule has 4 nitrogen and oxygen atoms in total. The zero-order valence-corrected chi connectivity index (χ0v) is 14.0. The van der Waals surface area contributed by atoms with Crippen molar-refractivity contribution in [3.63, 3.8) is 0 Å². The summed E-state index contributed by atoms with van der Waals surface area (Å²) in [6, 6.07) is 13.7. The van der Waals surface area contributed by atoms with Gasteiger partial charge in [0.25, 0.3) is 0 Å². The Morgan fingerprint density at radius 3 is 2.41 bits per heavy atom. The molecule has 0 aliphatic carbocycles. The Balaban J connectivity index is 2.13. The molecule has 0 saturated heterocycles. The molecular formula is C16H17NO3S2. The third-order valence-corrected chi connectivity index (χ3v) is 5.32. The number of carbonyl (C=O) groups is 1. The molecule has 0 aliphatic rings. The molecule has 2 aromatic carbocycles. The zero-order chi connectivity index (χ0) is 16.2. The van der Waals surface area contributed by atoms with Gasteiger partial charge in [0.15, 0.2) is 5.78 Å². The van der Waals surface area contributed by atoms with Crippen LogP contribution in [0.3, 0.4) is 0 Å². The molecule has 0 aliphatic heterocycles. The van der Waals surface area contributed by atoms with Crippen LogP contribution < -0.4 is 4.72 Å². The molecule has 0 unspecified atom stereocenters. The normalized spacial score (nSPS) is 11.4. The van der Waals surface area contributed by atoms with Crippen LogP contribution in [0.15, 0.2) is 58.3 Å². The van der Waals surface area contributed by atoms with Gasteiger partial charge in [-0.3, -0.25) is 4.79 Å². The molecule has 0 aromatic heterocycles. The summed E-state index contributed by atoms with van der Waals surface area (Å²) >= 11 is 1.63. The lowest BCUT2D eigenvalue weighted by atomic mass is 10.2. The Labute approximate surface area is 135 Å². The molecule has 0 heterocycles. The predicted octanol–water partition coefficient (Wildman–Crippen LogP) is 3.09. The van der Waals surface area contributed by atoms with Gasteiger partial charge in [0.05, 0.1) is 4.90 Å². The molecule has 116 valence electrons. The number of carbonyl (C=O) groups excluding carboxylic acids is 1. The average molecular weight is 335 g/mol. The van der Waals surface area contributed by atoms with Crippen LogP contribution in [0.5, 0.6) is 0 Å². The van der Waals surface area contributed by atoms with Gasteiger partial charge in [-0.15, -0.1) is 11.8 Å². The highest BCUT2D eigenvalue weighted by molar-refractivity contribution is 7.98. The van der Waals surface area contributed by atoms with Gasteiger partial charge in [0.2, 0.25) is 10.0 Å². The Kier molecular flexibility index (Phi) is 5.39. The van der Waals surface area contributed by atoms with Crippen LogP contribution in [-0.4, -0.2) is 20.5 Å². The van der Waals surface area contributed by atoms with E-state index >= 15 is 0 Å². The lowest BCUT2D eigenvalue weighted by Crippen LogP contribution is -2.23. The van der Waals surface area contributed by atoms with Crippen molar-refractivity contribution in [1.82, 2.24) is 4.72 Å². The maximum Gasteiger partial charge on any atom is 0.240 e. The molecule has 0 radical (unpaired) electrons. The number of nitrogens with one attached hydrogen (secondary N) is 1. The fourth-order valence-corrected chi connectivity index (χ4v) is 3.36. The van der Waals surface area contributed by atoms with E-state index in [4.69, 9.17) is 0 Å². The summed E-state index contributed by atoms with van der Waals surface area (Å²) in [5.41, 5.74) is 1.26. The van der Waals surface area contributed by atoms with E-state index in [0.717, 1.165) is 10.5 Å². The molecule has 0 fully saturated rings. The summed E-state index contributed by atoms with van der Waals surface area (Å²) < 4.78 is 27.1. The zero-order valence-electron chi connectivity index (χ0n) is 12.4. The average Bonchev–Trinajstić information content (AvgIpc) is 2.53. The van der Waals surface area contributed by atoms with Crippen molar-refractivity contribution in [1.29, 1.82) is 0 Å². The number of hydrogen-bond donors (Lipinski definition) is 1. The maximum absolute atomic E-state index is 12.3. The summed E-state index contributed by atoms with van der Waals surface area (Å²) in [7, 11) is -3.64. The second-order valence-corrected chi connectivity index (χ2v) is 7.40. The van der Waals surface area contributed by atoms with Gasteiger partial charge in [-0.25, -0.2) is 13.1 Å². The van der Waals surface area contributed by atoms with Crippen LogP contribution in [0.2, 0.25) is 0 Å². The molecule has 1 N–H and O–H groups in total. The Bertz CT molecular complexity index is 768. The quantitative estimate of drug-likeness (QED) is 0.651. The lowest BCUT2D eigenvalue weighted by molar-refractivity contribution is 0.101. The van der Waals surface area contributed by atoms with E-state index in [1.807, 2.05) is 30.5 Å². The third kappa shape index (κ3) is 4.19. The molecular weight excluding hydrogens is 318 g/mol. The summed E-state index contributed by atoms with van der Waals surface area (Å²) in [5.74, 6) is -0.162. The van der Waals surface area contributed by atoms with Gasteiger partial charge in [-0.2, -0.15) is 0 Å². The Hall–Kier alpha value is -1.63. The number of rotatable bonds is 6. The first-order chi connectivity index (χ1) is 10.4. The molecule has 6 heteroatoms. The van der Waals surface area contributed by atoms with Crippen LogP contribution in [0.1, 0.15) is 22.8 Å². The van der Waals surface area contributed by atoms with E-state index in [0.29, 0.717) is 5.56 Å². The minimum atomic E-state index is -3.64. The highest BCUT2D eigenvalue weighted by atomic mass is 32.2. The first-order valence-corrected chi connectivity index (χ1v) is 9.37. The van der Waals surface area contributed by atoms with Gasteiger partial charge < -0.3 is 0 Å². The van der Waals surface area contributed by atoms with Crippen LogP contribution in [-0.2, 0) is 16.6 Å². The standard InChI is InChI=1S/C16H17NO3S2/c1-12(18)14-4-3-5-16(10-14)22(19,20)17-11-13-6-8-15(21-2)9-7-13/h3-10,17H,11H2,1-2H3. The molecule has 22 heavy (non-hydrogen) atoms. The van der Waals surface area contributed by atoms with Crippen LogP contribution >= 0.6 is 11.8 Å². The SMILES string of the molecule is CSc1ccc(CNS(=O)(=O)c2cccc(C(C)=O)c2)cc1. The lowest BCUT2D eigenvalue weighted by Gasteiger charge is -2.08. The van der Waals surface area contributed by atoms with Crippen molar-refractivity contribution in [3.05, 3.63) is 59.7 Å². The van der Waals surface area contributed by atoms with Crippen molar-refractivity contribution in [2.75, 3.05) is 6.26 Å². The van der Waals surface area contributed by atoms with Crippen LogP contribution in [0, 0.1) is 0 Å². The van der Waals surface area contributed by atoms with E-state index in [-0.39, 0.29) is 17.2 Å².